The molecule has 142 valence electrons. The van der Waals surface area contributed by atoms with E-state index in [-0.39, 0.29) is 16.3 Å². The van der Waals surface area contributed by atoms with E-state index in [1.165, 1.54) is 24.3 Å². The Hall–Kier alpha value is -2.72. The Bertz CT molecular complexity index is 864. The number of non-ortho nitro benzene ring substituents is 1. The number of alkyl halides is 2. The van der Waals surface area contributed by atoms with E-state index in [9.17, 15) is 28.5 Å². The molecule has 0 aromatic heterocycles. The molecular weight excluding hydrogens is 406 g/mol. The second-order valence-corrected chi connectivity index (χ2v) is 6.42. The van der Waals surface area contributed by atoms with Gasteiger partial charge in [-0.25, -0.2) is 4.79 Å². The average Bonchev–Trinajstić information content (AvgIpc) is 2.60. The second-order valence-electron chi connectivity index (χ2n) is 4.95. The molecule has 0 bridgehead atoms. The highest BCUT2D eigenvalue weighted by molar-refractivity contribution is 7.99. The van der Waals surface area contributed by atoms with Crippen molar-refractivity contribution in [3.05, 3.63) is 63.2 Å². The third-order valence-corrected chi connectivity index (χ3v) is 4.12. The minimum atomic E-state index is -2.55. The fraction of sp³-hybridized carbons (Fsp3) is 0.125. The van der Waals surface area contributed by atoms with Gasteiger partial charge in [-0.3, -0.25) is 14.9 Å². The van der Waals surface area contributed by atoms with Crippen LogP contribution in [-0.4, -0.2) is 29.2 Å². The SMILES string of the molecule is O=C(COC(=O)c1ccc([N+](=O)[O-])cc1Cl)Nc1ccc(SC(F)F)cc1. The first-order chi connectivity index (χ1) is 12.8. The molecule has 1 amide bonds. The van der Waals surface area contributed by atoms with Crippen LogP contribution in [0.15, 0.2) is 47.4 Å². The van der Waals surface area contributed by atoms with Crippen LogP contribution >= 0.6 is 23.4 Å². The molecule has 0 aliphatic rings. The van der Waals surface area contributed by atoms with Gasteiger partial charge in [-0.1, -0.05) is 23.4 Å². The predicted octanol–water partition coefficient (Wildman–Crippen LogP) is 4.36. The average molecular weight is 417 g/mol. The third kappa shape index (κ3) is 6.19. The van der Waals surface area contributed by atoms with E-state index in [2.05, 4.69) is 5.32 Å². The number of nitro benzene ring substituents is 1. The zero-order valence-corrected chi connectivity index (χ0v) is 14.9. The van der Waals surface area contributed by atoms with Crippen molar-refractivity contribution in [1.82, 2.24) is 0 Å². The lowest BCUT2D eigenvalue weighted by atomic mass is 10.2. The number of carbonyl (C=O) groups excluding carboxylic acids is 2. The Morgan fingerprint density at radius 3 is 2.44 bits per heavy atom. The number of nitrogens with zero attached hydrogens (tertiary/aromatic N) is 1. The Balaban J connectivity index is 1.89. The number of ether oxygens (including phenoxy) is 1. The number of halogens is 3. The number of nitro groups is 1. The van der Waals surface area contributed by atoms with E-state index < -0.39 is 29.2 Å². The fourth-order valence-electron chi connectivity index (χ4n) is 1.91. The van der Waals surface area contributed by atoms with Gasteiger partial charge in [0, 0.05) is 22.7 Å². The molecule has 0 saturated heterocycles. The molecule has 0 radical (unpaired) electrons. The van der Waals surface area contributed by atoms with Crippen LogP contribution in [-0.2, 0) is 9.53 Å². The van der Waals surface area contributed by atoms with Crippen molar-refractivity contribution in [1.29, 1.82) is 0 Å². The Morgan fingerprint density at radius 1 is 1.22 bits per heavy atom. The molecule has 2 aromatic carbocycles. The number of amides is 1. The molecule has 27 heavy (non-hydrogen) atoms. The lowest BCUT2D eigenvalue weighted by Gasteiger charge is -2.08. The molecule has 2 rings (SSSR count). The molecule has 0 spiro atoms. The summed E-state index contributed by atoms with van der Waals surface area (Å²) in [6, 6.07) is 8.89. The topological polar surface area (TPSA) is 98.5 Å². The van der Waals surface area contributed by atoms with Crippen LogP contribution in [0, 0.1) is 10.1 Å². The first-order valence-corrected chi connectivity index (χ1v) is 8.48. The van der Waals surface area contributed by atoms with Gasteiger partial charge in [0.2, 0.25) is 0 Å². The van der Waals surface area contributed by atoms with Crippen LogP contribution in [0.2, 0.25) is 5.02 Å². The smallest absolute Gasteiger partial charge is 0.340 e. The highest BCUT2D eigenvalue weighted by Gasteiger charge is 2.17. The summed E-state index contributed by atoms with van der Waals surface area (Å²) in [6.07, 6.45) is 0. The second kappa shape index (κ2) is 9.28. The van der Waals surface area contributed by atoms with Gasteiger partial charge in [-0.2, -0.15) is 8.78 Å². The molecule has 0 saturated carbocycles. The summed E-state index contributed by atoms with van der Waals surface area (Å²) < 4.78 is 29.3. The quantitative estimate of drug-likeness (QED) is 0.311. The highest BCUT2D eigenvalue weighted by atomic mass is 35.5. The predicted molar refractivity (Wildman–Crippen MR) is 95.3 cm³/mol. The lowest BCUT2D eigenvalue weighted by molar-refractivity contribution is -0.384. The summed E-state index contributed by atoms with van der Waals surface area (Å²) in [5, 5.41) is 12.9. The van der Waals surface area contributed by atoms with Crippen molar-refractivity contribution >= 4 is 46.6 Å². The standard InChI is InChI=1S/C16H11ClF2N2O5S/c17-13-7-10(21(24)25)3-6-12(13)15(23)26-8-14(22)20-9-1-4-11(5-2-9)27-16(18)19/h1-7,16H,8H2,(H,20,22). The normalized spacial score (nSPS) is 10.5. The van der Waals surface area contributed by atoms with Gasteiger partial charge >= 0.3 is 5.97 Å². The molecule has 0 unspecified atom stereocenters. The van der Waals surface area contributed by atoms with Crippen LogP contribution in [0.25, 0.3) is 0 Å². The van der Waals surface area contributed by atoms with Gasteiger partial charge in [0.1, 0.15) is 0 Å². The molecule has 7 nitrogen and oxygen atoms in total. The Kier molecular flexibility index (Phi) is 7.08. The number of nitrogens with one attached hydrogen (secondary N) is 1. The Labute approximate surface area is 160 Å². The van der Waals surface area contributed by atoms with Gasteiger partial charge in [-0.05, 0) is 30.3 Å². The van der Waals surface area contributed by atoms with Crippen LogP contribution < -0.4 is 5.32 Å². The van der Waals surface area contributed by atoms with Gasteiger partial charge in [-0.15, -0.1) is 0 Å². The van der Waals surface area contributed by atoms with E-state index >= 15 is 0 Å². The zero-order chi connectivity index (χ0) is 20.0. The van der Waals surface area contributed by atoms with E-state index in [0.29, 0.717) is 22.3 Å². The number of anilines is 1. The van der Waals surface area contributed by atoms with E-state index in [1.807, 2.05) is 0 Å². The minimum absolute atomic E-state index is 0.122. The molecule has 0 aliphatic carbocycles. The molecule has 0 atom stereocenters. The summed E-state index contributed by atoms with van der Waals surface area (Å²) in [7, 11) is 0. The van der Waals surface area contributed by atoms with Crippen LogP contribution in [0.1, 0.15) is 10.4 Å². The van der Waals surface area contributed by atoms with E-state index in [4.69, 9.17) is 16.3 Å². The lowest BCUT2D eigenvalue weighted by Crippen LogP contribution is -2.21. The minimum Gasteiger partial charge on any atom is -0.452 e. The van der Waals surface area contributed by atoms with Crippen LogP contribution in [0.5, 0.6) is 0 Å². The number of benzene rings is 2. The van der Waals surface area contributed by atoms with E-state index in [1.54, 1.807) is 0 Å². The van der Waals surface area contributed by atoms with Crippen LogP contribution in [0.3, 0.4) is 0 Å². The maximum absolute atomic E-state index is 12.2. The maximum Gasteiger partial charge on any atom is 0.340 e. The number of carbonyl (C=O) groups is 2. The molecule has 2 aromatic rings. The van der Waals surface area contributed by atoms with E-state index in [0.717, 1.165) is 18.2 Å². The van der Waals surface area contributed by atoms with Gasteiger partial charge < -0.3 is 10.1 Å². The Morgan fingerprint density at radius 2 is 1.89 bits per heavy atom. The summed E-state index contributed by atoms with van der Waals surface area (Å²) in [4.78, 5) is 34.0. The van der Waals surface area contributed by atoms with Crippen molar-refractivity contribution in [3.8, 4) is 0 Å². The molecule has 0 aliphatic heterocycles. The molecule has 0 heterocycles. The van der Waals surface area contributed by atoms with Crippen molar-refractivity contribution in [2.24, 2.45) is 0 Å². The summed E-state index contributed by atoms with van der Waals surface area (Å²) >= 11 is 6.17. The third-order valence-electron chi connectivity index (χ3n) is 3.08. The van der Waals surface area contributed by atoms with Gasteiger partial charge in [0.15, 0.2) is 6.61 Å². The van der Waals surface area contributed by atoms with Crippen LogP contribution in [0.4, 0.5) is 20.2 Å². The number of thioether (sulfide) groups is 1. The number of rotatable bonds is 7. The molecule has 11 heteroatoms. The molecular formula is C16H11ClF2N2O5S. The first-order valence-electron chi connectivity index (χ1n) is 7.22. The van der Waals surface area contributed by atoms with Gasteiger partial charge in [0.05, 0.1) is 15.5 Å². The molecule has 0 fully saturated rings. The molecule has 1 N–H and O–H groups in total. The summed E-state index contributed by atoms with van der Waals surface area (Å²) in [6.45, 7) is -0.625. The number of esters is 1. The first kappa shape index (κ1) is 20.6. The van der Waals surface area contributed by atoms with Gasteiger partial charge in [0.25, 0.3) is 17.4 Å². The number of hydrogen-bond acceptors (Lipinski definition) is 6. The summed E-state index contributed by atoms with van der Waals surface area (Å²) in [5.41, 5.74) is -0.0748. The monoisotopic (exact) mass is 416 g/mol. The largest absolute Gasteiger partial charge is 0.452 e. The maximum atomic E-state index is 12.2. The van der Waals surface area contributed by atoms with Crippen molar-refractivity contribution in [3.63, 3.8) is 0 Å². The van der Waals surface area contributed by atoms with Crippen molar-refractivity contribution in [2.75, 3.05) is 11.9 Å². The van der Waals surface area contributed by atoms with Crippen molar-refractivity contribution < 1.29 is 28.0 Å². The van der Waals surface area contributed by atoms with Crippen molar-refractivity contribution in [2.45, 2.75) is 10.7 Å². The zero-order valence-electron chi connectivity index (χ0n) is 13.4. The highest BCUT2D eigenvalue weighted by Crippen LogP contribution is 2.26. The fourth-order valence-corrected chi connectivity index (χ4v) is 2.66. The number of hydrogen-bond donors (Lipinski definition) is 1. The summed E-state index contributed by atoms with van der Waals surface area (Å²) in [5.74, 6) is -4.12.